The van der Waals surface area contributed by atoms with E-state index in [9.17, 15) is 4.79 Å². The highest BCUT2D eigenvalue weighted by molar-refractivity contribution is 5.76. The first-order valence-electron chi connectivity index (χ1n) is 7.77. The Morgan fingerprint density at radius 2 is 2.11 bits per heavy atom. The van der Waals surface area contributed by atoms with Crippen LogP contribution in [0.5, 0.6) is 0 Å². The van der Waals surface area contributed by atoms with Crippen molar-refractivity contribution in [3.05, 3.63) is 0 Å². The van der Waals surface area contributed by atoms with E-state index in [4.69, 9.17) is 6.42 Å². The van der Waals surface area contributed by atoms with Crippen LogP contribution < -0.4 is 5.32 Å². The fourth-order valence-corrected chi connectivity index (χ4v) is 2.80. The van der Waals surface area contributed by atoms with Gasteiger partial charge >= 0.3 is 0 Å². The maximum Gasteiger partial charge on any atom is 0.222 e. The number of nitrogens with zero attached hydrogens (tertiary/aromatic N) is 1. The third kappa shape index (κ3) is 4.87. The maximum absolute atomic E-state index is 12.3. The van der Waals surface area contributed by atoms with Crippen molar-refractivity contribution in [2.75, 3.05) is 13.1 Å². The van der Waals surface area contributed by atoms with E-state index in [0.717, 1.165) is 32.4 Å². The van der Waals surface area contributed by atoms with Crippen LogP contribution >= 0.6 is 0 Å². The summed E-state index contributed by atoms with van der Waals surface area (Å²) in [5.74, 6) is 2.98. The number of unbranched alkanes of at least 4 members (excludes halogenated alkanes) is 2. The van der Waals surface area contributed by atoms with E-state index in [2.05, 4.69) is 16.1 Å². The van der Waals surface area contributed by atoms with Gasteiger partial charge in [-0.15, -0.1) is 12.3 Å². The number of hydrogen-bond donors (Lipinski definition) is 1. The molecule has 0 aromatic heterocycles. The predicted octanol–water partition coefficient (Wildman–Crippen LogP) is 2.31. The number of terminal acetylenes is 1. The van der Waals surface area contributed by atoms with E-state index >= 15 is 0 Å². The maximum atomic E-state index is 12.3. The largest absolute Gasteiger partial charge is 0.338 e. The summed E-state index contributed by atoms with van der Waals surface area (Å²) < 4.78 is 0. The van der Waals surface area contributed by atoms with Crippen LogP contribution in [0.2, 0.25) is 0 Å². The van der Waals surface area contributed by atoms with Gasteiger partial charge in [0.2, 0.25) is 5.91 Å². The molecule has 3 heteroatoms. The average Bonchev–Trinajstić information content (AvgIpc) is 3.26. The van der Waals surface area contributed by atoms with Crippen molar-refractivity contribution in [3.63, 3.8) is 0 Å². The molecule has 0 aromatic rings. The van der Waals surface area contributed by atoms with Crippen molar-refractivity contribution >= 4 is 5.91 Å². The Morgan fingerprint density at radius 3 is 2.74 bits per heavy atom. The Hall–Kier alpha value is -1.01. The van der Waals surface area contributed by atoms with E-state index < -0.39 is 0 Å². The molecule has 2 fully saturated rings. The molecular weight excluding hydrogens is 236 g/mol. The third-order valence-corrected chi connectivity index (χ3v) is 4.10. The number of carbonyl (C=O) groups excluding carboxylic acids is 1. The molecule has 1 heterocycles. The monoisotopic (exact) mass is 262 g/mol. The van der Waals surface area contributed by atoms with Gasteiger partial charge in [-0.05, 0) is 45.1 Å². The Labute approximate surface area is 117 Å². The lowest BCUT2D eigenvalue weighted by Gasteiger charge is -2.31. The molecular formula is C16H26N2O. The molecule has 0 spiro atoms. The minimum absolute atomic E-state index is 0.340. The Kier molecular flexibility index (Phi) is 5.72. The Morgan fingerprint density at radius 1 is 1.26 bits per heavy atom. The van der Waals surface area contributed by atoms with Gasteiger partial charge in [0.05, 0.1) is 0 Å². The van der Waals surface area contributed by atoms with E-state index in [1.165, 1.54) is 32.1 Å². The molecule has 106 valence electrons. The van der Waals surface area contributed by atoms with E-state index in [1.54, 1.807) is 0 Å². The van der Waals surface area contributed by atoms with Crippen molar-refractivity contribution in [1.29, 1.82) is 0 Å². The van der Waals surface area contributed by atoms with Gasteiger partial charge in [0, 0.05) is 31.5 Å². The van der Waals surface area contributed by atoms with Crippen LogP contribution in [0.25, 0.3) is 0 Å². The summed E-state index contributed by atoms with van der Waals surface area (Å²) in [6.45, 7) is 2.03. The average molecular weight is 262 g/mol. The lowest BCUT2D eigenvalue weighted by atomic mass is 10.0. The smallest absolute Gasteiger partial charge is 0.222 e. The number of nitrogens with one attached hydrogen (secondary N) is 1. The summed E-state index contributed by atoms with van der Waals surface area (Å²) in [4.78, 5) is 14.4. The van der Waals surface area contributed by atoms with Gasteiger partial charge in [0.25, 0.3) is 0 Å². The first-order chi connectivity index (χ1) is 9.31. The van der Waals surface area contributed by atoms with E-state index in [0.29, 0.717) is 24.4 Å². The fraction of sp³-hybridized carbons (Fsp3) is 0.812. The molecule has 2 rings (SSSR count). The number of rotatable bonds is 7. The number of piperidine rings is 1. The van der Waals surface area contributed by atoms with Crippen molar-refractivity contribution in [3.8, 4) is 12.3 Å². The highest BCUT2D eigenvalue weighted by Crippen LogP contribution is 2.28. The lowest BCUT2D eigenvalue weighted by molar-refractivity contribution is -0.132. The highest BCUT2D eigenvalue weighted by atomic mass is 16.2. The molecule has 19 heavy (non-hydrogen) atoms. The zero-order chi connectivity index (χ0) is 13.5. The van der Waals surface area contributed by atoms with Gasteiger partial charge in [-0.2, -0.15) is 0 Å². The second-order valence-corrected chi connectivity index (χ2v) is 5.84. The van der Waals surface area contributed by atoms with Gasteiger partial charge in [0.15, 0.2) is 0 Å². The molecule has 3 nitrogen and oxygen atoms in total. The molecule has 1 saturated carbocycles. The first-order valence-corrected chi connectivity index (χ1v) is 7.77. The summed E-state index contributed by atoms with van der Waals surface area (Å²) >= 11 is 0. The van der Waals surface area contributed by atoms with Crippen molar-refractivity contribution in [2.24, 2.45) is 0 Å². The van der Waals surface area contributed by atoms with Gasteiger partial charge in [-0.3, -0.25) is 4.79 Å². The third-order valence-electron chi connectivity index (χ3n) is 4.10. The normalized spacial score (nSPS) is 22.8. The molecule has 1 N–H and O–H groups in total. The van der Waals surface area contributed by atoms with Crippen molar-refractivity contribution in [2.45, 2.75) is 69.9 Å². The summed E-state index contributed by atoms with van der Waals surface area (Å²) in [5, 5.41) is 3.54. The fourth-order valence-electron chi connectivity index (χ4n) is 2.80. The molecule has 1 unspecified atom stereocenters. The van der Waals surface area contributed by atoms with Crippen LogP contribution in [-0.4, -0.2) is 36.0 Å². The summed E-state index contributed by atoms with van der Waals surface area (Å²) in [5.41, 5.74) is 0. The van der Waals surface area contributed by atoms with Crippen LogP contribution in [0.15, 0.2) is 0 Å². The van der Waals surface area contributed by atoms with Gasteiger partial charge in [-0.25, -0.2) is 0 Å². The highest BCUT2D eigenvalue weighted by Gasteiger charge is 2.33. The zero-order valence-electron chi connectivity index (χ0n) is 11.9. The molecule has 1 amide bonds. The summed E-state index contributed by atoms with van der Waals surface area (Å²) in [6.07, 6.45) is 14.8. The van der Waals surface area contributed by atoms with Crippen molar-refractivity contribution in [1.82, 2.24) is 10.2 Å². The topological polar surface area (TPSA) is 32.3 Å². The standard InChI is InChI=1S/C16H26N2O/c1-2-3-4-5-9-16(19)18(15-10-11-15)13-14-8-6-7-12-17-14/h1,14-15,17H,3-13H2. The molecule has 0 radical (unpaired) electrons. The number of carbonyl (C=O) groups is 1. The van der Waals surface area contributed by atoms with Gasteiger partial charge < -0.3 is 10.2 Å². The van der Waals surface area contributed by atoms with Gasteiger partial charge in [-0.1, -0.05) is 6.42 Å². The van der Waals surface area contributed by atoms with Crippen LogP contribution in [0.1, 0.15) is 57.8 Å². The second-order valence-electron chi connectivity index (χ2n) is 5.84. The van der Waals surface area contributed by atoms with Crippen LogP contribution in [-0.2, 0) is 4.79 Å². The summed E-state index contributed by atoms with van der Waals surface area (Å²) in [7, 11) is 0. The summed E-state index contributed by atoms with van der Waals surface area (Å²) in [6, 6.07) is 1.05. The second kappa shape index (κ2) is 7.55. The molecule has 0 bridgehead atoms. The predicted molar refractivity (Wildman–Crippen MR) is 77.7 cm³/mol. The minimum Gasteiger partial charge on any atom is -0.338 e. The van der Waals surface area contributed by atoms with E-state index in [-0.39, 0.29) is 0 Å². The zero-order valence-corrected chi connectivity index (χ0v) is 11.9. The SMILES string of the molecule is C#CCCCCC(=O)N(CC1CCCCN1)C1CC1. The Bertz CT molecular complexity index is 324. The molecule has 2 aliphatic rings. The van der Waals surface area contributed by atoms with Gasteiger partial charge in [0.1, 0.15) is 0 Å². The first kappa shape index (κ1) is 14.4. The Balaban J connectivity index is 1.75. The number of hydrogen-bond acceptors (Lipinski definition) is 2. The minimum atomic E-state index is 0.340. The molecule has 0 aromatic carbocycles. The lowest BCUT2D eigenvalue weighted by Crippen LogP contribution is -2.46. The quantitative estimate of drug-likeness (QED) is 0.564. The molecule has 1 aliphatic carbocycles. The van der Waals surface area contributed by atoms with Crippen molar-refractivity contribution < 1.29 is 4.79 Å². The van der Waals surface area contributed by atoms with E-state index in [1.807, 2.05) is 0 Å². The van der Waals surface area contributed by atoms with Crippen LogP contribution in [0.3, 0.4) is 0 Å². The van der Waals surface area contributed by atoms with Crippen LogP contribution in [0.4, 0.5) is 0 Å². The molecule has 1 aliphatic heterocycles. The molecule has 1 atom stereocenters. The van der Waals surface area contributed by atoms with Crippen LogP contribution in [0, 0.1) is 12.3 Å². The molecule has 1 saturated heterocycles. The number of amides is 1.